The van der Waals surface area contributed by atoms with Crippen LogP contribution in [0, 0.1) is 0 Å². The Hall–Kier alpha value is -1.78. The third-order valence-corrected chi connectivity index (χ3v) is 3.08. The van der Waals surface area contributed by atoms with Gasteiger partial charge in [0.1, 0.15) is 0 Å². The normalized spacial score (nSPS) is 10.4. The molecule has 0 aliphatic carbocycles. The molecule has 98 valence electrons. The van der Waals surface area contributed by atoms with Crippen molar-refractivity contribution in [2.45, 2.75) is 6.42 Å². The summed E-state index contributed by atoms with van der Waals surface area (Å²) in [6.07, 6.45) is 1.35. The lowest BCUT2D eigenvalue weighted by Gasteiger charge is -2.08. The van der Waals surface area contributed by atoms with Crippen LogP contribution in [0.25, 0.3) is 11.3 Å². The first-order valence-corrected chi connectivity index (χ1v) is 6.14. The summed E-state index contributed by atoms with van der Waals surface area (Å²) in [7, 11) is 0. The summed E-state index contributed by atoms with van der Waals surface area (Å²) < 4.78 is 0. The van der Waals surface area contributed by atoms with Crippen molar-refractivity contribution in [2.75, 3.05) is 5.73 Å². The van der Waals surface area contributed by atoms with Gasteiger partial charge in [0.15, 0.2) is 0 Å². The molecule has 3 N–H and O–H groups in total. The smallest absolute Gasteiger partial charge is 0.307 e. The third-order valence-electron chi connectivity index (χ3n) is 2.51. The molecule has 0 aliphatic rings. The van der Waals surface area contributed by atoms with Crippen molar-refractivity contribution in [3.05, 3.63) is 46.1 Å². The fourth-order valence-corrected chi connectivity index (χ4v) is 2.08. The number of halogens is 2. The average molecular weight is 297 g/mol. The predicted molar refractivity (Wildman–Crippen MR) is 75.4 cm³/mol. The quantitative estimate of drug-likeness (QED) is 0.911. The molecule has 0 amide bonds. The lowest BCUT2D eigenvalue weighted by atomic mass is 10.1. The van der Waals surface area contributed by atoms with E-state index in [0.29, 0.717) is 32.6 Å². The molecular formula is C13H10Cl2N2O2. The minimum Gasteiger partial charge on any atom is -0.481 e. The Morgan fingerprint density at radius 1 is 1.32 bits per heavy atom. The Kier molecular flexibility index (Phi) is 3.93. The molecule has 1 aromatic carbocycles. The van der Waals surface area contributed by atoms with Crippen LogP contribution in [0.1, 0.15) is 5.56 Å². The van der Waals surface area contributed by atoms with E-state index in [1.807, 2.05) is 0 Å². The molecule has 0 bridgehead atoms. The Bertz CT molecular complexity index is 645. The van der Waals surface area contributed by atoms with E-state index in [1.54, 1.807) is 24.3 Å². The van der Waals surface area contributed by atoms with Crippen LogP contribution in [0.15, 0.2) is 30.5 Å². The topological polar surface area (TPSA) is 76.2 Å². The van der Waals surface area contributed by atoms with E-state index in [0.717, 1.165) is 0 Å². The van der Waals surface area contributed by atoms with Crippen molar-refractivity contribution in [2.24, 2.45) is 0 Å². The third kappa shape index (κ3) is 3.16. The number of benzene rings is 1. The van der Waals surface area contributed by atoms with Gasteiger partial charge in [-0.2, -0.15) is 0 Å². The van der Waals surface area contributed by atoms with Crippen LogP contribution >= 0.6 is 23.2 Å². The summed E-state index contributed by atoms with van der Waals surface area (Å²) in [5.41, 5.74) is 7.90. The van der Waals surface area contributed by atoms with Crippen molar-refractivity contribution >= 4 is 34.9 Å². The number of rotatable bonds is 3. The molecule has 0 fully saturated rings. The number of hydrogen-bond acceptors (Lipinski definition) is 3. The number of nitrogen functional groups attached to an aromatic ring is 1. The van der Waals surface area contributed by atoms with Gasteiger partial charge in [-0.25, -0.2) is 0 Å². The first kappa shape index (κ1) is 13.6. The minimum atomic E-state index is -0.935. The Morgan fingerprint density at radius 2 is 2.05 bits per heavy atom. The number of anilines is 1. The zero-order chi connectivity index (χ0) is 14.0. The van der Waals surface area contributed by atoms with E-state index < -0.39 is 5.97 Å². The lowest BCUT2D eigenvalue weighted by molar-refractivity contribution is -0.136. The maximum Gasteiger partial charge on any atom is 0.307 e. The van der Waals surface area contributed by atoms with E-state index in [4.69, 9.17) is 34.0 Å². The molecular weight excluding hydrogens is 287 g/mol. The number of aromatic nitrogens is 1. The van der Waals surface area contributed by atoms with E-state index in [1.165, 1.54) is 6.20 Å². The highest BCUT2D eigenvalue weighted by Crippen LogP contribution is 2.32. The molecule has 1 heterocycles. The summed E-state index contributed by atoms with van der Waals surface area (Å²) in [4.78, 5) is 14.8. The van der Waals surface area contributed by atoms with Gasteiger partial charge in [-0.05, 0) is 29.8 Å². The van der Waals surface area contributed by atoms with Crippen LogP contribution in [0.2, 0.25) is 10.0 Å². The molecule has 1 aromatic heterocycles. The van der Waals surface area contributed by atoms with Crippen molar-refractivity contribution in [1.82, 2.24) is 4.98 Å². The molecule has 19 heavy (non-hydrogen) atoms. The second kappa shape index (κ2) is 5.47. The molecule has 0 aliphatic heterocycles. The zero-order valence-electron chi connectivity index (χ0n) is 9.73. The van der Waals surface area contributed by atoms with Crippen molar-refractivity contribution < 1.29 is 9.90 Å². The van der Waals surface area contributed by atoms with Crippen LogP contribution in [0.4, 0.5) is 5.69 Å². The summed E-state index contributed by atoms with van der Waals surface area (Å²) in [5.74, 6) is -0.935. The number of nitrogens with two attached hydrogens (primary N) is 1. The van der Waals surface area contributed by atoms with Crippen LogP contribution in [0.3, 0.4) is 0 Å². The molecule has 0 atom stereocenters. The predicted octanol–water partition coefficient (Wildman–Crippen LogP) is 3.26. The van der Waals surface area contributed by atoms with Crippen LogP contribution in [-0.2, 0) is 11.2 Å². The van der Waals surface area contributed by atoms with Gasteiger partial charge in [-0.15, -0.1) is 0 Å². The Labute approximate surface area is 119 Å². The molecule has 6 heteroatoms. The second-order valence-electron chi connectivity index (χ2n) is 3.98. The molecule has 2 rings (SSSR count). The van der Waals surface area contributed by atoms with Crippen molar-refractivity contribution in [1.29, 1.82) is 0 Å². The highest BCUT2D eigenvalue weighted by Gasteiger charge is 2.11. The minimum absolute atomic E-state index is 0.124. The maximum atomic E-state index is 10.6. The monoisotopic (exact) mass is 296 g/mol. The number of carboxylic acid groups (broad SMARTS) is 1. The zero-order valence-corrected chi connectivity index (χ0v) is 11.2. The highest BCUT2D eigenvalue weighted by atomic mass is 35.5. The molecule has 4 nitrogen and oxygen atoms in total. The van der Waals surface area contributed by atoms with Gasteiger partial charge in [-0.3, -0.25) is 9.78 Å². The summed E-state index contributed by atoms with van der Waals surface area (Å²) >= 11 is 12.0. The molecule has 0 spiro atoms. The largest absolute Gasteiger partial charge is 0.481 e. The van der Waals surface area contributed by atoms with Crippen LogP contribution < -0.4 is 5.73 Å². The number of aliphatic carboxylic acids is 1. The molecule has 0 saturated carbocycles. The fraction of sp³-hybridized carbons (Fsp3) is 0.0769. The number of hydrogen-bond donors (Lipinski definition) is 2. The lowest BCUT2D eigenvalue weighted by Crippen LogP contribution is -2.03. The van der Waals surface area contributed by atoms with E-state index in [9.17, 15) is 4.79 Å². The Morgan fingerprint density at radius 3 is 2.68 bits per heavy atom. The standard InChI is InChI=1S/C13H10Cl2N2O2/c14-8-1-2-10(15)9(5-8)13-11(16)3-7(6-17-13)4-12(18)19/h1-3,5-6H,4,16H2,(H,18,19). The van der Waals surface area contributed by atoms with E-state index >= 15 is 0 Å². The number of carbonyl (C=O) groups is 1. The SMILES string of the molecule is Nc1cc(CC(=O)O)cnc1-c1cc(Cl)ccc1Cl. The highest BCUT2D eigenvalue weighted by molar-refractivity contribution is 6.35. The molecule has 0 radical (unpaired) electrons. The van der Waals surface area contributed by atoms with Crippen LogP contribution in [-0.4, -0.2) is 16.1 Å². The van der Waals surface area contributed by atoms with Crippen LogP contribution in [0.5, 0.6) is 0 Å². The molecule has 0 unspecified atom stereocenters. The first-order valence-electron chi connectivity index (χ1n) is 5.39. The van der Waals surface area contributed by atoms with Gasteiger partial charge in [0.25, 0.3) is 0 Å². The number of pyridine rings is 1. The Balaban J connectivity index is 2.46. The van der Waals surface area contributed by atoms with E-state index in [2.05, 4.69) is 4.98 Å². The summed E-state index contributed by atoms with van der Waals surface area (Å²) in [5, 5.41) is 9.72. The van der Waals surface area contributed by atoms with Gasteiger partial charge in [-0.1, -0.05) is 23.2 Å². The van der Waals surface area contributed by atoms with Gasteiger partial charge >= 0.3 is 5.97 Å². The van der Waals surface area contributed by atoms with Crippen molar-refractivity contribution in [3.63, 3.8) is 0 Å². The maximum absolute atomic E-state index is 10.6. The second-order valence-corrected chi connectivity index (χ2v) is 4.82. The molecule has 0 saturated heterocycles. The van der Waals surface area contributed by atoms with Gasteiger partial charge in [0, 0.05) is 16.8 Å². The first-order chi connectivity index (χ1) is 8.97. The van der Waals surface area contributed by atoms with E-state index in [-0.39, 0.29) is 6.42 Å². The molecule has 2 aromatic rings. The van der Waals surface area contributed by atoms with Gasteiger partial charge < -0.3 is 10.8 Å². The number of carboxylic acids is 1. The fourth-order valence-electron chi connectivity index (χ4n) is 1.70. The summed E-state index contributed by atoms with van der Waals surface area (Å²) in [6, 6.07) is 6.57. The van der Waals surface area contributed by atoms with Crippen molar-refractivity contribution in [3.8, 4) is 11.3 Å². The van der Waals surface area contributed by atoms with Gasteiger partial charge in [0.2, 0.25) is 0 Å². The summed E-state index contributed by atoms with van der Waals surface area (Å²) in [6.45, 7) is 0. The van der Waals surface area contributed by atoms with Gasteiger partial charge in [0.05, 0.1) is 22.8 Å². The number of nitrogens with zero attached hydrogens (tertiary/aromatic N) is 1. The average Bonchev–Trinajstić information content (AvgIpc) is 2.32.